The summed E-state index contributed by atoms with van der Waals surface area (Å²) in [5, 5.41) is 0. The van der Waals surface area contributed by atoms with E-state index in [0.717, 1.165) is 12.7 Å². The van der Waals surface area contributed by atoms with Crippen LogP contribution in [0.4, 0.5) is 0 Å². The van der Waals surface area contributed by atoms with Gasteiger partial charge in [0.2, 0.25) is 0 Å². The molecule has 0 aromatic heterocycles. The molecule has 0 aliphatic carbocycles. The van der Waals surface area contributed by atoms with E-state index in [-0.39, 0.29) is 9.76 Å². The van der Waals surface area contributed by atoms with Crippen molar-refractivity contribution in [2.75, 3.05) is 6.61 Å². The zero-order valence-electron chi connectivity index (χ0n) is 14.3. The van der Waals surface area contributed by atoms with Crippen LogP contribution in [0.2, 0.25) is 51.4 Å². The topological polar surface area (TPSA) is 27.7 Å². The Kier molecular flexibility index (Phi) is 10.5. The maximum absolute atomic E-state index is 6.07. The molecule has 1 heterocycles. The van der Waals surface area contributed by atoms with E-state index in [2.05, 4.69) is 45.9 Å². The number of hydrogen-bond acceptors (Lipinski definition) is 3. The summed E-state index contributed by atoms with van der Waals surface area (Å²) in [6, 6.07) is 2.34. The molecule has 0 aromatic rings. The van der Waals surface area contributed by atoms with Gasteiger partial charge in [0, 0.05) is 12.7 Å². The SMILES string of the molecule is C1CC[SiH2]OC1.C=CC[SiH](O[Si](C)(C)C)O[Si](C)(C)C. The first-order valence-corrected chi connectivity index (χ1v) is 17.8. The fourth-order valence-electron chi connectivity index (χ4n) is 1.73. The lowest BCUT2D eigenvalue weighted by Gasteiger charge is -2.30. The highest BCUT2D eigenvalue weighted by atomic mass is 28.4. The van der Waals surface area contributed by atoms with Crippen LogP contribution in [0.1, 0.15) is 12.8 Å². The van der Waals surface area contributed by atoms with Crippen LogP contribution >= 0.6 is 0 Å². The van der Waals surface area contributed by atoms with E-state index in [1.807, 2.05) is 6.08 Å². The van der Waals surface area contributed by atoms with Gasteiger partial charge in [0.25, 0.3) is 0 Å². The van der Waals surface area contributed by atoms with E-state index in [1.54, 1.807) is 0 Å². The minimum atomic E-state index is -1.48. The van der Waals surface area contributed by atoms with Gasteiger partial charge in [-0.25, -0.2) is 0 Å². The predicted octanol–water partition coefficient (Wildman–Crippen LogP) is 3.39. The molecule has 0 radical (unpaired) electrons. The fourth-order valence-corrected chi connectivity index (χ4v) is 10.9. The molecule has 120 valence electrons. The summed E-state index contributed by atoms with van der Waals surface area (Å²) in [6.45, 7) is 18.1. The third kappa shape index (κ3) is 14.9. The average molecular weight is 351 g/mol. The van der Waals surface area contributed by atoms with Crippen molar-refractivity contribution in [2.45, 2.75) is 64.2 Å². The monoisotopic (exact) mass is 350 g/mol. The first-order valence-electron chi connectivity index (χ1n) is 7.68. The highest BCUT2D eigenvalue weighted by Gasteiger charge is 2.27. The van der Waals surface area contributed by atoms with Crippen molar-refractivity contribution < 1.29 is 12.7 Å². The zero-order valence-corrected chi connectivity index (χ0v) is 18.9. The summed E-state index contributed by atoms with van der Waals surface area (Å²) >= 11 is 0. The van der Waals surface area contributed by atoms with E-state index < -0.39 is 25.9 Å². The van der Waals surface area contributed by atoms with E-state index >= 15 is 0 Å². The Balaban J connectivity index is 0.000000493. The van der Waals surface area contributed by atoms with Crippen molar-refractivity contribution in [1.29, 1.82) is 0 Å². The van der Waals surface area contributed by atoms with Gasteiger partial charge in [-0.2, -0.15) is 0 Å². The van der Waals surface area contributed by atoms with Gasteiger partial charge in [-0.15, -0.1) is 6.58 Å². The first-order chi connectivity index (χ1) is 9.14. The molecule has 0 N–H and O–H groups in total. The van der Waals surface area contributed by atoms with Crippen LogP contribution in [0.5, 0.6) is 0 Å². The van der Waals surface area contributed by atoms with Gasteiger partial charge in [-0.3, -0.25) is 0 Å². The molecule has 1 aliphatic rings. The smallest absolute Gasteiger partial charge is 0.304 e. The quantitative estimate of drug-likeness (QED) is 0.543. The molecule has 0 spiro atoms. The van der Waals surface area contributed by atoms with Gasteiger partial charge in [-0.1, -0.05) is 12.5 Å². The summed E-state index contributed by atoms with van der Waals surface area (Å²) in [7, 11) is -4.36. The maximum Gasteiger partial charge on any atom is 0.304 e. The molecule has 1 saturated heterocycles. The van der Waals surface area contributed by atoms with Crippen molar-refractivity contribution in [3.63, 3.8) is 0 Å². The molecule has 0 atom stereocenters. The molecule has 1 aliphatic heterocycles. The van der Waals surface area contributed by atoms with Gasteiger partial charge in [0.1, 0.15) is 0 Å². The van der Waals surface area contributed by atoms with Crippen molar-refractivity contribution in [3.05, 3.63) is 12.7 Å². The van der Waals surface area contributed by atoms with Gasteiger partial charge in [0.05, 0.1) is 0 Å². The number of rotatable bonds is 6. The van der Waals surface area contributed by atoms with Crippen LogP contribution in [-0.4, -0.2) is 42.3 Å². The highest BCUT2D eigenvalue weighted by Crippen LogP contribution is 2.14. The molecule has 0 aromatic carbocycles. The zero-order chi connectivity index (χ0) is 15.6. The van der Waals surface area contributed by atoms with E-state index in [0.29, 0.717) is 0 Å². The molecular weight excluding hydrogens is 316 g/mol. The van der Waals surface area contributed by atoms with Crippen molar-refractivity contribution in [3.8, 4) is 0 Å². The Hall–Kier alpha value is 0.488. The molecule has 0 amide bonds. The molecule has 3 nitrogen and oxygen atoms in total. The fraction of sp³-hybridized carbons (Fsp3) is 0.846. The Morgan fingerprint density at radius 1 is 1.10 bits per heavy atom. The predicted molar refractivity (Wildman–Crippen MR) is 99.6 cm³/mol. The second-order valence-electron chi connectivity index (χ2n) is 7.09. The lowest BCUT2D eigenvalue weighted by molar-refractivity contribution is 0.304. The molecule has 0 unspecified atom stereocenters. The van der Waals surface area contributed by atoms with E-state index in [9.17, 15) is 0 Å². The lowest BCUT2D eigenvalue weighted by Crippen LogP contribution is -2.42. The lowest BCUT2D eigenvalue weighted by atomic mass is 10.4. The Bertz CT molecular complexity index is 230. The minimum absolute atomic E-state index is 0.00849. The van der Waals surface area contributed by atoms with Gasteiger partial charge in [-0.05, 0) is 51.7 Å². The first kappa shape index (κ1) is 20.5. The second-order valence-corrected chi connectivity index (χ2v) is 20.3. The molecule has 7 heteroatoms. The van der Waals surface area contributed by atoms with Crippen LogP contribution in [0.25, 0.3) is 0 Å². The Labute approximate surface area is 132 Å². The highest BCUT2D eigenvalue weighted by molar-refractivity contribution is 6.81. The summed E-state index contributed by atoms with van der Waals surface area (Å²) in [4.78, 5) is 0. The maximum atomic E-state index is 6.07. The van der Waals surface area contributed by atoms with Crippen molar-refractivity contribution in [1.82, 2.24) is 0 Å². The molecule has 1 rings (SSSR count). The third-order valence-electron chi connectivity index (χ3n) is 2.41. The molecule has 1 fully saturated rings. The van der Waals surface area contributed by atoms with E-state index in [4.69, 9.17) is 12.7 Å². The van der Waals surface area contributed by atoms with Crippen LogP contribution < -0.4 is 0 Å². The van der Waals surface area contributed by atoms with Crippen LogP contribution in [0.15, 0.2) is 12.7 Å². The van der Waals surface area contributed by atoms with Gasteiger partial charge < -0.3 is 12.7 Å². The summed E-state index contributed by atoms with van der Waals surface area (Å²) in [5.74, 6) is 0. The molecule has 0 bridgehead atoms. The minimum Gasteiger partial charge on any atom is -0.439 e. The largest absolute Gasteiger partial charge is 0.439 e. The molecule has 0 saturated carbocycles. The number of hydrogen-bond donors (Lipinski definition) is 0. The van der Waals surface area contributed by atoms with Crippen molar-refractivity contribution >= 4 is 35.7 Å². The van der Waals surface area contributed by atoms with Crippen LogP contribution in [-0.2, 0) is 12.7 Å². The standard InChI is InChI=1S/C9H24O2Si3.C4H10OSi/c1-8-9-12(10-13(2,3)4)11-14(5,6)7;1-2-4-6-5-3-1/h8,12H,1,9H2,2-7H3;1-4,6H2. The van der Waals surface area contributed by atoms with Crippen LogP contribution in [0.3, 0.4) is 0 Å². The second kappa shape index (κ2) is 10.3. The molecular formula is C13H34O3Si4. The van der Waals surface area contributed by atoms with Gasteiger partial charge >= 0.3 is 9.28 Å². The van der Waals surface area contributed by atoms with Crippen molar-refractivity contribution in [2.24, 2.45) is 0 Å². The normalized spacial score (nSPS) is 17.8. The summed E-state index contributed by atoms with van der Waals surface area (Å²) < 4.78 is 17.4. The summed E-state index contributed by atoms with van der Waals surface area (Å²) in [6.07, 6.45) is 4.68. The van der Waals surface area contributed by atoms with Crippen LogP contribution in [0, 0.1) is 0 Å². The van der Waals surface area contributed by atoms with E-state index in [1.165, 1.54) is 18.9 Å². The van der Waals surface area contributed by atoms with Gasteiger partial charge in [0.15, 0.2) is 26.4 Å². The Morgan fingerprint density at radius 3 is 1.85 bits per heavy atom. The Morgan fingerprint density at radius 2 is 1.65 bits per heavy atom. The average Bonchev–Trinajstić information content (AvgIpc) is 2.28. The molecule has 20 heavy (non-hydrogen) atoms. The summed E-state index contributed by atoms with van der Waals surface area (Å²) in [5.41, 5.74) is 0. The number of allylic oxidation sites excluding steroid dienone is 1. The third-order valence-corrected chi connectivity index (χ3v) is 12.3.